The predicted octanol–water partition coefficient (Wildman–Crippen LogP) is 1.45. The Morgan fingerprint density at radius 1 is 1.07 bits per heavy atom. The fraction of sp³-hybridized carbons (Fsp3) is 0.300. The van der Waals surface area contributed by atoms with Gasteiger partial charge in [0.05, 0.1) is 0 Å². The summed E-state index contributed by atoms with van der Waals surface area (Å²) in [5.74, 6) is -1.11. The minimum absolute atomic E-state index is 0.00943. The number of halogens is 1. The van der Waals surface area contributed by atoms with E-state index in [0.29, 0.717) is 37.3 Å². The topological polar surface area (TPSA) is 82.6 Å². The normalized spacial score (nSPS) is 13.9. The van der Waals surface area contributed by atoms with Crippen molar-refractivity contribution in [2.45, 2.75) is 13.5 Å². The van der Waals surface area contributed by atoms with Crippen LogP contribution in [-0.2, 0) is 11.3 Å². The smallest absolute Gasteiger partial charge is 0.270 e. The highest BCUT2D eigenvalue weighted by molar-refractivity contribution is 5.98. The number of nitrogens with one attached hydrogen (secondary N) is 1. The number of carbonyl (C=O) groups excluding carboxylic acids is 3. The molecule has 0 saturated carbocycles. The lowest BCUT2D eigenvalue weighted by Gasteiger charge is -2.34. The number of nitrogens with zero attached hydrogens (tertiary/aromatic N) is 3. The number of pyridine rings is 1. The van der Waals surface area contributed by atoms with Gasteiger partial charge in [-0.25, -0.2) is 4.39 Å². The summed E-state index contributed by atoms with van der Waals surface area (Å²) in [4.78, 5) is 43.8. The Hall–Kier alpha value is -3.29. The molecule has 1 aliphatic rings. The van der Waals surface area contributed by atoms with Gasteiger partial charge in [0.25, 0.3) is 11.8 Å². The Bertz CT molecular complexity index is 895. The average Bonchev–Trinajstić information content (AvgIpc) is 2.72. The maximum atomic E-state index is 13.7. The fourth-order valence-corrected chi connectivity index (χ4v) is 3.00. The molecule has 8 heteroatoms. The van der Waals surface area contributed by atoms with Gasteiger partial charge in [0, 0.05) is 57.0 Å². The summed E-state index contributed by atoms with van der Waals surface area (Å²) in [7, 11) is 0. The molecule has 2 aromatic rings. The molecule has 1 N–H and O–H groups in total. The lowest BCUT2D eigenvalue weighted by Crippen LogP contribution is -2.50. The van der Waals surface area contributed by atoms with Gasteiger partial charge >= 0.3 is 0 Å². The van der Waals surface area contributed by atoms with E-state index in [1.54, 1.807) is 34.1 Å². The number of hydrogen-bond acceptors (Lipinski definition) is 4. The third-order valence-electron chi connectivity index (χ3n) is 4.65. The van der Waals surface area contributed by atoms with Crippen LogP contribution in [-0.4, -0.2) is 58.7 Å². The molecule has 0 bridgehead atoms. The van der Waals surface area contributed by atoms with Crippen LogP contribution in [0.15, 0.2) is 42.6 Å². The summed E-state index contributed by atoms with van der Waals surface area (Å²) in [5.41, 5.74) is 0.804. The lowest BCUT2D eigenvalue weighted by atomic mass is 10.1. The molecule has 0 aliphatic carbocycles. The molecule has 28 heavy (non-hydrogen) atoms. The third kappa shape index (κ3) is 4.51. The molecule has 7 nitrogen and oxygen atoms in total. The highest BCUT2D eigenvalue weighted by Gasteiger charge is 2.24. The summed E-state index contributed by atoms with van der Waals surface area (Å²) >= 11 is 0. The number of piperazine rings is 1. The van der Waals surface area contributed by atoms with Crippen LogP contribution in [0.3, 0.4) is 0 Å². The van der Waals surface area contributed by atoms with E-state index in [1.807, 2.05) is 0 Å². The summed E-state index contributed by atoms with van der Waals surface area (Å²) in [5, 5.41) is 2.61. The van der Waals surface area contributed by atoms with E-state index in [9.17, 15) is 18.8 Å². The molecule has 0 radical (unpaired) electrons. The molecule has 3 rings (SSSR count). The molecule has 0 spiro atoms. The number of benzene rings is 1. The van der Waals surface area contributed by atoms with Crippen LogP contribution in [0.1, 0.15) is 33.3 Å². The molecule has 146 valence electrons. The second kappa shape index (κ2) is 8.60. The molecule has 1 saturated heterocycles. The first kappa shape index (κ1) is 19.5. The van der Waals surface area contributed by atoms with Gasteiger partial charge in [-0.2, -0.15) is 0 Å². The van der Waals surface area contributed by atoms with Crippen LogP contribution in [0.25, 0.3) is 0 Å². The summed E-state index contributed by atoms with van der Waals surface area (Å²) in [6, 6.07) is 9.15. The molecule has 3 amide bonds. The minimum atomic E-state index is -0.487. The Labute approximate surface area is 162 Å². The van der Waals surface area contributed by atoms with Crippen molar-refractivity contribution in [2.24, 2.45) is 0 Å². The van der Waals surface area contributed by atoms with Crippen LogP contribution in [0.5, 0.6) is 0 Å². The first-order valence-electron chi connectivity index (χ1n) is 8.98. The standard InChI is InChI=1S/C20H21FN4O3/c1-14(26)24-8-10-25(11-9-24)20(28)15-6-7-22-18(12-15)19(27)23-13-16-4-2-3-5-17(16)21/h2-7,12H,8-11,13H2,1H3,(H,23,27). The quantitative estimate of drug-likeness (QED) is 0.865. The minimum Gasteiger partial charge on any atom is -0.347 e. The third-order valence-corrected chi connectivity index (χ3v) is 4.65. The summed E-state index contributed by atoms with van der Waals surface area (Å²) in [6.45, 7) is 3.39. The Kier molecular flexibility index (Phi) is 5.98. The molecule has 1 aromatic carbocycles. The zero-order valence-corrected chi connectivity index (χ0v) is 15.5. The number of amides is 3. The average molecular weight is 384 g/mol. The van der Waals surface area contributed by atoms with Crippen molar-refractivity contribution in [1.29, 1.82) is 0 Å². The zero-order valence-electron chi connectivity index (χ0n) is 15.5. The molecule has 1 aliphatic heterocycles. The second-order valence-electron chi connectivity index (χ2n) is 6.50. The summed E-state index contributed by atoms with van der Waals surface area (Å²) < 4.78 is 13.7. The van der Waals surface area contributed by atoms with Crippen LogP contribution in [0.4, 0.5) is 4.39 Å². The highest BCUT2D eigenvalue weighted by atomic mass is 19.1. The maximum absolute atomic E-state index is 13.7. The first-order valence-corrected chi connectivity index (χ1v) is 8.98. The van der Waals surface area contributed by atoms with Gasteiger partial charge in [-0.05, 0) is 18.2 Å². The van der Waals surface area contributed by atoms with Crippen molar-refractivity contribution in [3.05, 3.63) is 65.2 Å². The zero-order chi connectivity index (χ0) is 20.1. The molecular weight excluding hydrogens is 363 g/mol. The molecule has 1 fully saturated rings. The number of aromatic nitrogens is 1. The van der Waals surface area contributed by atoms with Gasteiger partial charge in [-0.1, -0.05) is 18.2 Å². The van der Waals surface area contributed by atoms with E-state index in [4.69, 9.17) is 0 Å². The number of rotatable bonds is 4. The van der Waals surface area contributed by atoms with Crippen molar-refractivity contribution >= 4 is 17.7 Å². The number of carbonyl (C=O) groups is 3. The van der Waals surface area contributed by atoms with Crippen LogP contribution in [0, 0.1) is 5.82 Å². The highest BCUT2D eigenvalue weighted by Crippen LogP contribution is 2.11. The van der Waals surface area contributed by atoms with E-state index >= 15 is 0 Å². The van der Waals surface area contributed by atoms with Crippen molar-refractivity contribution in [2.75, 3.05) is 26.2 Å². The van der Waals surface area contributed by atoms with Gasteiger partial charge in [-0.3, -0.25) is 19.4 Å². The van der Waals surface area contributed by atoms with Crippen molar-refractivity contribution < 1.29 is 18.8 Å². The maximum Gasteiger partial charge on any atom is 0.270 e. The van der Waals surface area contributed by atoms with Crippen LogP contribution in [0.2, 0.25) is 0 Å². The second-order valence-corrected chi connectivity index (χ2v) is 6.50. The van der Waals surface area contributed by atoms with Crippen molar-refractivity contribution in [1.82, 2.24) is 20.1 Å². The predicted molar refractivity (Wildman–Crippen MR) is 100.0 cm³/mol. The Balaban J connectivity index is 1.63. The van der Waals surface area contributed by atoms with Crippen molar-refractivity contribution in [3.63, 3.8) is 0 Å². The molecule has 0 atom stereocenters. The van der Waals surface area contributed by atoms with Gasteiger partial charge < -0.3 is 15.1 Å². The van der Waals surface area contributed by atoms with Gasteiger partial charge in [0.2, 0.25) is 5.91 Å². The van der Waals surface area contributed by atoms with Gasteiger partial charge in [0.1, 0.15) is 11.5 Å². The van der Waals surface area contributed by atoms with Gasteiger partial charge in [-0.15, -0.1) is 0 Å². The van der Waals surface area contributed by atoms with E-state index < -0.39 is 11.7 Å². The van der Waals surface area contributed by atoms with Crippen LogP contribution >= 0.6 is 0 Å². The van der Waals surface area contributed by atoms with E-state index in [2.05, 4.69) is 10.3 Å². The molecule has 1 aromatic heterocycles. The molecule has 2 heterocycles. The van der Waals surface area contributed by atoms with Gasteiger partial charge in [0.15, 0.2) is 0 Å². The molecular formula is C20H21FN4O3. The fourth-order valence-electron chi connectivity index (χ4n) is 3.00. The Morgan fingerprint density at radius 2 is 1.75 bits per heavy atom. The summed E-state index contributed by atoms with van der Waals surface area (Å²) in [6.07, 6.45) is 1.40. The van der Waals surface area contributed by atoms with E-state index in [0.717, 1.165) is 0 Å². The first-order chi connectivity index (χ1) is 13.5. The Morgan fingerprint density at radius 3 is 2.43 bits per heavy atom. The van der Waals surface area contributed by atoms with E-state index in [1.165, 1.54) is 25.3 Å². The SMILES string of the molecule is CC(=O)N1CCN(C(=O)c2ccnc(C(=O)NCc3ccccc3F)c2)CC1. The number of hydrogen-bond donors (Lipinski definition) is 1. The molecule has 0 unspecified atom stereocenters. The van der Waals surface area contributed by atoms with E-state index in [-0.39, 0.29) is 24.1 Å². The van der Waals surface area contributed by atoms with Crippen molar-refractivity contribution in [3.8, 4) is 0 Å². The largest absolute Gasteiger partial charge is 0.347 e. The monoisotopic (exact) mass is 384 g/mol. The lowest BCUT2D eigenvalue weighted by molar-refractivity contribution is -0.130. The van der Waals surface area contributed by atoms with Crippen LogP contribution < -0.4 is 5.32 Å².